The largest absolute Gasteiger partial charge is 0.455 e. The average Bonchev–Trinajstić information content (AvgIpc) is 3.20. The molecule has 2 heterocycles. The third-order valence-electron chi connectivity index (χ3n) is 3.64. The number of rotatable bonds is 7. The van der Waals surface area contributed by atoms with Gasteiger partial charge in [-0.05, 0) is 37.1 Å². The van der Waals surface area contributed by atoms with Crippen molar-refractivity contribution in [2.45, 2.75) is 37.7 Å². The zero-order chi connectivity index (χ0) is 16.9. The van der Waals surface area contributed by atoms with Crippen molar-refractivity contribution in [3.63, 3.8) is 0 Å². The molecular weight excluding hydrogens is 324 g/mol. The molecule has 1 amide bonds. The number of aryl methyl sites for hydroxylation is 1. The summed E-state index contributed by atoms with van der Waals surface area (Å²) >= 11 is 1.45. The van der Waals surface area contributed by atoms with Gasteiger partial charge < -0.3 is 14.2 Å². The van der Waals surface area contributed by atoms with Gasteiger partial charge in [-0.3, -0.25) is 4.79 Å². The first kappa shape index (κ1) is 16.6. The van der Waals surface area contributed by atoms with Crippen LogP contribution in [-0.4, -0.2) is 17.4 Å². The Hall–Kier alpha value is -2.21. The molecule has 24 heavy (non-hydrogen) atoms. The highest BCUT2D eigenvalue weighted by molar-refractivity contribution is 7.98. The number of hydrogen-bond acceptors (Lipinski definition) is 5. The van der Waals surface area contributed by atoms with Crippen LogP contribution in [0.1, 0.15) is 41.6 Å². The summed E-state index contributed by atoms with van der Waals surface area (Å²) in [5.74, 6) is 1.46. The van der Waals surface area contributed by atoms with Crippen LogP contribution in [0.15, 0.2) is 44.4 Å². The number of oxazole rings is 1. The highest BCUT2D eigenvalue weighted by Crippen LogP contribution is 2.28. The molecule has 126 valence electrons. The Kier molecular flexibility index (Phi) is 5.25. The van der Waals surface area contributed by atoms with Gasteiger partial charge in [-0.15, -0.1) is 0 Å². The third kappa shape index (κ3) is 3.82. The summed E-state index contributed by atoms with van der Waals surface area (Å²) in [5, 5.41) is 3.44. The number of hydrogen-bond donors (Lipinski definition) is 1. The second-order valence-electron chi connectivity index (χ2n) is 5.57. The first-order chi connectivity index (χ1) is 11.7. The number of aromatic nitrogens is 1. The van der Waals surface area contributed by atoms with Crippen molar-refractivity contribution in [1.82, 2.24) is 10.3 Å². The van der Waals surface area contributed by atoms with Crippen molar-refractivity contribution in [3.05, 3.63) is 47.4 Å². The summed E-state index contributed by atoms with van der Waals surface area (Å²) in [5.41, 5.74) is 2.76. The minimum absolute atomic E-state index is 0.169. The Labute approximate surface area is 144 Å². The molecule has 0 unspecified atom stereocenters. The van der Waals surface area contributed by atoms with E-state index < -0.39 is 0 Å². The van der Waals surface area contributed by atoms with Gasteiger partial charge in [0.1, 0.15) is 11.3 Å². The number of carbonyl (C=O) groups excluding carboxylic acids is 1. The molecule has 0 radical (unpaired) electrons. The van der Waals surface area contributed by atoms with Crippen molar-refractivity contribution in [2.24, 2.45) is 0 Å². The van der Waals surface area contributed by atoms with E-state index >= 15 is 0 Å². The Bertz CT molecular complexity index is 838. The lowest BCUT2D eigenvalue weighted by molar-refractivity contribution is 0.0924. The Morgan fingerprint density at radius 2 is 2.12 bits per heavy atom. The van der Waals surface area contributed by atoms with Gasteiger partial charge in [0.15, 0.2) is 11.3 Å². The first-order valence-corrected chi connectivity index (χ1v) is 9.02. The smallest absolute Gasteiger partial charge is 0.286 e. The SMILES string of the molecule is CCCCNC(=O)c1ccc(CSc2nc3c(C)cccc3o2)o1. The number of furan rings is 1. The molecule has 2 aromatic heterocycles. The van der Waals surface area contributed by atoms with Crippen LogP contribution in [0, 0.1) is 6.92 Å². The van der Waals surface area contributed by atoms with Gasteiger partial charge >= 0.3 is 0 Å². The minimum atomic E-state index is -0.169. The fraction of sp³-hybridized carbons (Fsp3) is 0.333. The number of para-hydroxylation sites is 1. The molecule has 0 aliphatic carbocycles. The molecule has 3 rings (SSSR count). The van der Waals surface area contributed by atoms with Gasteiger partial charge in [-0.1, -0.05) is 37.2 Å². The Balaban J connectivity index is 1.60. The quantitative estimate of drug-likeness (QED) is 0.503. The zero-order valence-electron chi connectivity index (χ0n) is 13.8. The molecule has 0 aliphatic heterocycles. The van der Waals surface area contributed by atoms with E-state index in [0.29, 0.717) is 23.3 Å². The normalized spacial score (nSPS) is 11.1. The monoisotopic (exact) mass is 344 g/mol. The maximum Gasteiger partial charge on any atom is 0.286 e. The van der Waals surface area contributed by atoms with E-state index in [-0.39, 0.29) is 5.91 Å². The maximum absolute atomic E-state index is 11.9. The van der Waals surface area contributed by atoms with Crippen LogP contribution in [0.3, 0.4) is 0 Å². The molecule has 0 saturated carbocycles. The van der Waals surface area contributed by atoms with Crippen LogP contribution in [0.5, 0.6) is 0 Å². The van der Waals surface area contributed by atoms with Crippen LogP contribution >= 0.6 is 11.8 Å². The second-order valence-corrected chi connectivity index (χ2v) is 6.49. The van der Waals surface area contributed by atoms with Gasteiger partial charge in [-0.2, -0.15) is 0 Å². The van der Waals surface area contributed by atoms with Crippen molar-refractivity contribution in [3.8, 4) is 0 Å². The minimum Gasteiger partial charge on any atom is -0.455 e. The highest BCUT2D eigenvalue weighted by atomic mass is 32.2. The molecule has 0 fully saturated rings. The van der Waals surface area contributed by atoms with Gasteiger partial charge in [0, 0.05) is 6.54 Å². The fourth-order valence-electron chi connectivity index (χ4n) is 2.30. The zero-order valence-corrected chi connectivity index (χ0v) is 14.6. The van der Waals surface area contributed by atoms with Crippen molar-refractivity contribution >= 4 is 28.8 Å². The van der Waals surface area contributed by atoms with Crippen LogP contribution < -0.4 is 5.32 Å². The summed E-state index contributed by atoms with van der Waals surface area (Å²) in [6.45, 7) is 4.76. The maximum atomic E-state index is 11.9. The lowest BCUT2D eigenvalue weighted by Gasteiger charge is -2.00. The fourth-order valence-corrected chi connectivity index (χ4v) is 3.03. The van der Waals surface area contributed by atoms with E-state index in [4.69, 9.17) is 8.83 Å². The molecule has 1 N–H and O–H groups in total. The molecule has 0 aliphatic rings. The predicted octanol–water partition coefficient (Wildman–Crippen LogP) is 4.55. The van der Waals surface area contributed by atoms with Gasteiger partial charge in [-0.25, -0.2) is 4.98 Å². The standard InChI is InChI=1S/C18H20N2O3S/c1-3-4-10-19-17(21)15-9-8-13(22-15)11-24-18-20-16-12(2)6-5-7-14(16)23-18/h5-9H,3-4,10-11H2,1-2H3,(H,19,21). The van der Waals surface area contributed by atoms with Crippen molar-refractivity contribution in [2.75, 3.05) is 6.54 Å². The van der Waals surface area contributed by atoms with E-state index in [1.54, 1.807) is 6.07 Å². The van der Waals surface area contributed by atoms with Gasteiger partial charge in [0.05, 0.1) is 5.75 Å². The van der Waals surface area contributed by atoms with Crippen LogP contribution in [0.2, 0.25) is 0 Å². The third-order valence-corrected chi connectivity index (χ3v) is 4.49. The molecular formula is C18H20N2O3S. The average molecular weight is 344 g/mol. The number of amides is 1. The van der Waals surface area contributed by atoms with Crippen LogP contribution in [0.25, 0.3) is 11.1 Å². The Morgan fingerprint density at radius 3 is 2.92 bits per heavy atom. The number of nitrogens with one attached hydrogen (secondary N) is 1. The lowest BCUT2D eigenvalue weighted by Crippen LogP contribution is -2.23. The highest BCUT2D eigenvalue weighted by Gasteiger charge is 2.13. The first-order valence-electron chi connectivity index (χ1n) is 8.03. The van der Waals surface area contributed by atoms with E-state index in [9.17, 15) is 4.79 Å². The summed E-state index contributed by atoms with van der Waals surface area (Å²) in [6.07, 6.45) is 2.01. The van der Waals surface area contributed by atoms with E-state index in [1.165, 1.54) is 11.8 Å². The van der Waals surface area contributed by atoms with E-state index in [0.717, 1.165) is 35.3 Å². The number of unbranched alkanes of at least 4 members (excludes halogenated alkanes) is 1. The number of fused-ring (bicyclic) bond motifs is 1. The predicted molar refractivity (Wildman–Crippen MR) is 94.3 cm³/mol. The lowest BCUT2D eigenvalue weighted by atomic mass is 10.2. The molecule has 3 aromatic rings. The van der Waals surface area contributed by atoms with Crippen LogP contribution in [0.4, 0.5) is 0 Å². The molecule has 0 atom stereocenters. The summed E-state index contributed by atoms with van der Waals surface area (Å²) < 4.78 is 11.3. The van der Waals surface area contributed by atoms with Crippen molar-refractivity contribution in [1.29, 1.82) is 0 Å². The van der Waals surface area contributed by atoms with Gasteiger partial charge in [0.25, 0.3) is 11.1 Å². The molecule has 5 nitrogen and oxygen atoms in total. The molecule has 0 bridgehead atoms. The number of benzene rings is 1. The van der Waals surface area contributed by atoms with Crippen LogP contribution in [-0.2, 0) is 5.75 Å². The molecule has 1 aromatic carbocycles. The van der Waals surface area contributed by atoms with Gasteiger partial charge in [0.2, 0.25) is 0 Å². The Morgan fingerprint density at radius 1 is 1.25 bits per heavy atom. The number of thioether (sulfide) groups is 1. The molecule has 6 heteroatoms. The van der Waals surface area contributed by atoms with Crippen molar-refractivity contribution < 1.29 is 13.6 Å². The molecule has 0 saturated heterocycles. The van der Waals surface area contributed by atoms with E-state index in [2.05, 4.69) is 17.2 Å². The summed E-state index contributed by atoms with van der Waals surface area (Å²) in [4.78, 5) is 16.4. The molecule has 0 spiro atoms. The topological polar surface area (TPSA) is 68.3 Å². The van der Waals surface area contributed by atoms with E-state index in [1.807, 2.05) is 31.2 Å². The summed E-state index contributed by atoms with van der Waals surface area (Å²) in [7, 11) is 0. The second kappa shape index (κ2) is 7.57. The number of carbonyl (C=O) groups is 1. The number of nitrogens with zero attached hydrogens (tertiary/aromatic N) is 1. The summed E-state index contributed by atoms with van der Waals surface area (Å²) in [6, 6.07) is 9.39.